The zero-order chi connectivity index (χ0) is 11.4. The molecule has 0 N–H and O–H groups in total. The molecule has 86 valence electrons. The third-order valence-corrected chi connectivity index (χ3v) is 3.01. The van der Waals surface area contributed by atoms with E-state index in [2.05, 4.69) is 4.90 Å². The number of hydrogen-bond donors (Lipinski definition) is 0. The van der Waals surface area contributed by atoms with Crippen molar-refractivity contribution in [2.75, 3.05) is 18.0 Å². The second kappa shape index (κ2) is 5.10. The minimum absolute atomic E-state index is 0.162. The Bertz CT molecular complexity index is 372. The first-order valence-corrected chi connectivity index (χ1v) is 5.78. The van der Waals surface area contributed by atoms with Crippen LogP contribution in [0.25, 0.3) is 0 Å². The molecular weight excluding hydrogens is 205 g/mol. The minimum Gasteiger partial charge on any atom is -0.369 e. The van der Waals surface area contributed by atoms with Gasteiger partial charge in [0.2, 0.25) is 0 Å². The largest absolute Gasteiger partial charge is 0.369 e. The number of carbonyl (C=O) groups is 1. The predicted octanol–water partition coefficient (Wildman–Crippen LogP) is 2.56. The summed E-state index contributed by atoms with van der Waals surface area (Å²) in [5.41, 5.74) is 1.60. The summed E-state index contributed by atoms with van der Waals surface area (Å²) in [6, 6.07) is 5.30. The number of hydrogen-bond acceptors (Lipinski definition) is 2. The van der Waals surface area contributed by atoms with Gasteiger partial charge in [0, 0.05) is 19.5 Å². The molecule has 2 rings (SSSR count). The predicted molar refractivity (Wildman–Crippen MR) is 62.2 cm³/mol. The van der Waals surface area contributed by atoms with Crippen molar-refractivity contribution in [3.63, 3.8) is 0 Å². The molecular formula is C13H16FNO. The van der Waals surface area contributed by atoms with Crippen LogP contribution in [0.1, 0.15) is 24.8 Å². The summed E-state index contributed by atoms with van der Waals surface area (Å²) in [7, 11) is 0. The Morgan fingerprint density at radius 2 is 2.06 bits per heavy atom. The number of nitrogens with zero attached hydrogens (tertiary/aromatic N) is 1. The maximum Gasteiger partial charge on any atom is 0.146 e. The number of carbonyl (C=O) groups excluding carboxylic acids is 1. The zero-order valence-electron chi connectivity index (χ0n) is 9.29. The third kappa shape index (κ3) is 2.40. The molecule has 1 aromatic rings. The molecule has 1 aromatic carbocycles. The van der Waals surface area contributed by atoms with Crippen LogP contribution in [0.4, 0.5) is 10.1 Å². The van der Waals surface area contributed by atoms with Crippen LogP contribution in [0, 0.1) is 5.82 Å². The van der Waals surface area contributed by atoms with Crippen LogP contribution in [0.2, 0.25) is 0 Å². The Labute approximate surface area is 95.1 Å². The molecule has 0 aliphatic carbocycles. The van der Waals surface area contributed by atoms with E-state index in [-0.39, 0.29) is 5.82 Å². The molecule has 0 unspecified atom stereocenters. The lowest BCUT2D eigenvalue weighted by Gasteiger charge is -2.18. The number of benzene rings is 1. The van der Waals surface area contributed by atoms with Gasteiger partial charge in [-0.3, -0.25) is 0 Å². The molecule has 0 spiro atoms. The lowest BCUT2D eigenvalue weighted by Crippen LogP contribution is -2.18. The van der Waals surface area contributed by atoms with Gasteiger partial charge in [0.05, 0.1) is 5.69 Å². The lowest BCUT2D eigenvalue weighted by molar-refractivity contribution is -0.107. The molecule has 0 saturated carbocycles. The van der Waals surface area contributed by atoms with E-state index in [1.807, 2.05) is 12.1 Å². The number of aldehydes is 1. The average Bonchev–Trinajstić information content (AvgIpc) is 2.80. The van der Waals surface area contributed by atoms with Crippen molar-refractivity contribution >= 4 is 12.0 Å². The van der Waals surface area contributed by atoms with Gasteiger partial charge < -0.3 is 9.69 Å². The van der Waals surface area contributed by atoms with Crippen molar-refractivity contribution < 1.29 is 9.18 Å². The molecule has 0 bridgehead atoms. The van der Waals surface area contributed by atoms with Crippen molar-refractivity contribution in [3.8, 4) is 0 Å². The fraction of sp³-hybridized carbons (Fsp3) is 0.462. The molecule has 0 aromatic heterocycles. The van der Waals surface area contributed by atoms with Crippen LogP contribution in [0.15, 0.2) is 18.2 Å². The Balaban J connectivity index is 2.12. The highest BCUT2D eigenvalue weighted by atomic mass is 19.1. The summed E-state index contributed by atoms with van der Waals surface area (Å²) in [5, 5.41) is 0. The van der Waals surface area contributed by atoms with Gasteiger partial charge in [-0.05, 0) is 37.0 Å². The molecule has 0 amide bonds. The SMILES string of the molecule is O=CCCc1ccc(N2CCCC2)c(F)c1. The van der Waals surface area contributed by atoms with Crippen LogP contribution in [-0.4, -0.2) is 19.4 Å². The first-order chi connectivity index (χ1) is 7.81. The Kier molecular flexibility index (Phi) is 3.54. The topological polar surface area (TPSA) is 20.3 Å². The van der Waals surface area contributed by atoms with Gasteiger partial charge in [-0.25, -0.2) is 4.39 Å². The summed E-state index contributed by atoms with van der Waals surface area (Å²) < 4.78 is 13.8. The van der Waals surface area contributed by atoms with Crippen molar-refractivity contribution in [1.82, 2.24) is 0 Å². The summed E-state index contributed by atoms with van der Waals surface area (Å²) in [4.78, 5) is 12.3. The van der Waals surface area contributed by atoms with Gasteiger partial charge in [0.1, 0.15) is 12.1 Å². The monoisotopic (exact) mass is 221 g/mol. The molecule has 1 fully saturated rings. The smallest absolute Gasteiger partial charge is 0.146 e. The maximum absolute atomic E-state index is 13.8. The molecule has 1 aliphatic rings. The molecule has 3 heteroatoms. The normalized spacial score (nSPS) is 15.4. The van der Waals surface area contributed by atoms with Crippen molar-refractivity contribution in [3.05, 3.63) is 29.6 Å². The fourth-order valence-corrected chi connectivity index (χ4v) is 2.15. The van der Waals surface area contributed by atoms with Gasteiger partial charge in [0.15, 0.2) is 0 Å². The molecule has 0 radical (unpaired) electrons. The molecule has 1 saturated heterocycles. The van der Waals surface area contributed by atoms with E-state index in [0.29, 0.717) is 18.5 Å². The van der Waals surface area contributed by atoms with Gasteiger partial charge >= 0.3 is 0 Å². The number of halogens is 1. The van der Waals surface area contributed by atoms with Gasteiger partial charge in [0.25, 0.3) is 0 Å². The Morgan fingerprint density at radius 3 is 2.69 bits per heavy atom. The first kappa shape index (κ1) is 11.1. The lowest BCUT2D eigenvalue weighted by atomic mass is 10.1. The highest BCUT2D eigenvalue weighted by Crippen LogP contribution is 2.24. The van der Waals surface area contributed by atoms with E-state index < -0.39 is 0 Å². The van der Waals surface area contributed by atoms with Crippen LogP contribution in [0.5, 0.6) is 0 Å². The standard InChI is InChI=1S/C13H16FNO/c14-12-10-11(4-3-9-16)5-6-13(12)15-7-1-2-8-15/h5-6,9-10H,1-4,7-8H2. The van der Waals surface area contributed by atoms with E-state index in [0.717, 1.165) is 37.8 Å². The van der Waals surface area contributed by atoms with Gasteiger partial charge in [-0.15, -0.1) is 0 Å². The van der Waals surface area contributed by atoms with Crippen molar-refractivity contribution in [2.45, 2.75) is 25.7 Å². The molecule has 1 heterocycles. The Morgan fingerprint density at radius 1 is 1.31 bits per heavy atom. The number of anilines is 1. The second-order valence-corrected chi connectivity index (χ2v) is 4.19. The van der Waals surface area contributed by atoms with Crippen LogP contribution in [-0.2, 0) is 11.2 Å². The summed E-state index contributed by atoms with van der Waals surface area (Å²) in [6.07, 6.45) is 4.24. The number of rotatable bonds is 4. The maximum atomic E-state index is 13.8. The van der Waals surface area contributed by atoms with Gasteiger partial charge in [-0.2, -0.15) is 0 Å². The van der Waals surface area contributed by atoms with E-state index in [1.165, 1.54) is 0 Å². The van der Waals surface area contributed by atoms with E-state index >= 15 is 0 Å². The molecule has 1 aliphatic heterocycles. The highest BCUT2D eigenvalue weighted by Gasteiger charge is 2.15. The van der Waals surface area contributed by atoms with Crippen molar-refractivity contribution in [2.24, 2.45) is 0 Å². The summed E-state index contributed by atoms with van der Waals surface area (Å²) in [5.74, 6) is -0.162. The second-order valence-electron chi connectivity index (χ2n) is 4.19. The summed E-state index contributed by atoms with van der Waals surface area (Å²) >= 11 is 0. The third-order valence-electron chi connectivity index (χ3n) is 3.01. The number of aryl methyl sites for hydroxylation is 1. The fourth-order valence-electron chi connectivity index (χ4n) is 2.15. The van der Waals surface area contributed by atoms with Crippen LogP contribution in [0.3, 0.4) is 0 Å². The van der Waals surface area contributed by atoms with E-state index in [1.54, 1.807) is 6.07 Å². The molecule has 16 heavy (non-hydrogen) atoms. The first-order valence-electron chi connectivity index (χ1n) is 5.78. The molecule has 2 nitrogen and oxygen atoms in total. The highest BCUT2D eigenvalue weighted by molar-refractivity contribution is 5.52. The van der Waals surface area contributed by atoms with Crippen LogP contribution < -0.4 is 4.90 Å². The quantitative estimate of drug-likeness (QED) is 0.728. The van der Waals surface area contributed by atoms with E-state index in [9.17, 15) is 9.18 Å². The molecule has 0 atom stereocenters. The summed E-state index contributed by atoms with van der Waals surface area (Å²) in [6.45, 7) is 1.90. The van der Waals surface area contributed by atoms with Crippen molar-refractivity contribution in [1.29, 1.82) is 0 Å². The average molecular weight is 221 g/mol. The van der Waals surface area contributed by atoms with E-state index in [4.69, 9.17) is 0 Å². The zero-order valence-corrected chi connectivity index (χ0v) is 9.29. The Hall–Kier alpha value is -1.38. The van der Waals surface area contributed by atoms with Crippen LogP contribution >= 0.6 is 0 Å². The van der Waals surface area contributed by atoms with Gasteiger partial charge in [-0.1, -0.05) is 6.07 Å². The minimum atomic E-state index is -0.162.